The van der Waals surface area contributed by atoms with Gasteiger partial charge in [-0.3, -0.25) is 14.7 Å². The molecule has 7 heteroatoms. The molecule has 1 saturated carbocycles. The normalized spacial score (nSPS) is 23.1. The zero-order valence-corrected chi connectivity index (χ0v) is 14.2. The number of sulfone groups is 1. The van der Waals surface area contributed by atoms with Crippen LogP contribution in [0.15, 0.2) is 24.5 Å². The van der Waals surface area contributed by atoms with Crippen LogP contribution in [0.25, 0.3) is 0 Å². The van der Waals surface area contributed by atoms with Gasteiger partial charge in [-0.05, 0) is 44.0 Å². The van der Waals surface area contributed by atoms with E-state index in [1.54, 1.807) is 12.4 Å². The standard InChI is InChI=1S/C16H23N3O3S/c1-18(15-6-9-23(21,22)12-15)11-16(20)19(14-2-3-14)10-13-4-7-17-8-5-13/h4-5,7-8,14-15H,2-3,6,9-12H2,1H3. The first-order valence-electron chi connectivity index (χ1n) is 8.03. The largest absolute Gasteiger partial charge is 0.334 e. The molecule has 3 rings (SSSR count). The van der Waals surface area contributed by atoms with Crippen molar-refractivity contribution in [3.05, 3.63) is 30.1 Å². The highest BCUT2D eigenvalue weighted by Crippen LogP contribution is 2.28. The second kappa shape index (κ2) is 6.57. The van der Waals surface area contributed by atoms with Crippen molar-refractivity contribution < 1.29 is 13.2 Å². The van der Waals surface area contributed by atoms with Gasteiger partial charge >= 0.3 is 0 Å². The molecular weight excluding hydrogens is 314 g/mol. The zero-order valence-electron chi connectivity index (χ0n) is 13.4. The highest BCUT2D eigenvalue weighted by atomic mass is 32.2. The second-order valence-electron chi connectivity index (χ2n) is 6.58. The lowest BCUT2D eigenvalue weighted by Crippen LogP contribution is -2.43. The lowest BCUT2D eigenvalue weighted by Gasteiger charge is -2.28. The van der Waals surface area contributed by atoms with E-state index >= 15 is 0 Å². The number of nitrogens with zero attached hydrogens (tertiary/aromatic N) is 3. The summed E-state index contributed by atoms with van der Waals surface area (Å²) in [5.74, 6) is 0.487. The van der Waals surface area contributed by atoms with Crippen LogP contribution in [0.1, 0.15) is 24.8 Å². The van der Waals surface area contributed by atoms with Crippen LogP contribution in [-0.2, 0) is 21.2 Å². The summed E-state index contributed by atoms with van der Waals surface area (Å²) >= 11 is 0. The van der Waals surface area contributed by atoms with Crippen LogP contribution in [0.5, 0.6) is 0 Å². The zero-order chi connectivity index (χ0) is 16.4. The van der Waals surface area contributed by atoms with Gasteiger partial charge in [0.1, 0.15) is 0 Å². The summed E-state index contributed by atoms with van der Waals surface area (Å²) in [5.41, 5.74) is 1.08. The maximum absolute atomic E-state index is 12.7. The minimum Gasteiger partial charge on any atom is -0.334 e. The van der Waals surface area contributed by atoms with Crippen molar-refractivity contribution in [1.29, 1.82) is 0 Å². The van der Waals surface area contributed by atoms with Gasteiger partial charge in [0, 0.05) is 31.0 Å². The predicted molar refractivity (Wildman–Crippen MR) is 87.5 cm³/mol. The molecule has 126 valence electrons. The monoisotopic (exact) mass is 337 g/mol. The van der Waals surface area contributed by atoms with E-state index in [1.165, 1.54) is 0 Å². The van der Waals surface area contributed by atoms with Crippen LogP contribution in [0.2, 0.25) is 0 Å². The second-order valence-corrected chi connectivity index (χ2v) is 8.81. The van der Waals surface area contributed by atoms with Crippen LogP contribution in [-0.4, -0.2) is 66.3 Å². The summed E-state index contributed by atoms with van der Waals surface area (Å²) < 4.78 is 23.2. The molecule has 23 heavy (non-hydrogen) atoms. The summed E-state index contributed by atoms with van der Waals surface area (Å²) in [4.78, 5) is 20.5. The molecule has 2 heterocycles. The van der Waals surface area contributed by atoms with E-state index in [4.69, 9.17) is 0 Å². The molecule has 6 nitrogen and oxygen atoms in total. The first-order valence-corrected chi connectivity index (χ1v) is 9.86. The molecule has 2 fully saturated rings. The van der Waals surface area contributed by atoms with Gasteiger partial charge < -0.3 is 4.90 Å². The minimum atomic E-state index is -2.92. The lowest BCUT2D eigenvalue weighted by atomic mass is 10.2. The molecule has 0 N–H and O–H groups in total. The molecule has 1 aliphatic carbocycles. The molecule has 1 saturated heterocycles. The Hall–Kier alpha value is -1.47. The van der Waals surface area contributed by atoms with Gasteiger partial charge in [-0.15, -0.1) is 0 Å². The molecular formula is C16H23N3O3S. The van der Waals surface area contributed by atoms with Crippen LogP contribution in [0.3, 0.4) is 0 Å². The maximum atomic E-state index is 12.7. The molecule has 1 aliphatic heterocycles. The first-order chi connectivity index (χ1) is 10.9. The maximum Gasteiger partial charge on any atom is 0.237 e. The molecule has 1 unspecified atom stereocenters. The van der Waals surface area contributed by atoms with Crippen molar-refractivity contribution in [2.75, 3.05) is 25.1 Å². The SMILES string of the molecule is CN(CC(=O)N(Cc1ccncc1)C1CC1)C1CCS(=O)(=O)C1. The Labute approximate surface area is 137 Å². The average molecular weight is 337 g/mol. The van der Waals surface area contributed by atoms with Gasteiger partial charge in [-0.25, -0.2) is 8.42 Å². The molecule has 1 aromatic heterocycles. The number of pyridine rings is 1. The highest BCUT2D eigenvalue weighted by molar-refractivity contribution is 7.91. The third-order valence-corrected chi connectivity index (χ3v) is 6.38. The van der Waals surface area contributed by atoms with Crippen LogP contribution < -0.4 is 0 Å². The smallest absolute Gasteiger partial charge is 0.237 e. The van der Waals surface area contributed by atoms with Gasteiger partial charge in [0.25, 0.3) is 0 Å². The van der Waals surface area contributed by atoms with E-state index in [0.717, 1.165) is 18.4 Å². The van der Waals surface area contributed by atoms with E-state index in [1.807, 2.05) is 29.0 Å². The van der Waals surface area contributed by atoms with Crippen molar-refractivity contribution in [2.24, 2.45) is 0 Å². The average Bonchev–Trinajstić information content (AvgIpc) is 3.28. The molecule has 0 aromatic carbocycles. The number of carbonyl (C=O) groups is 1. The molecule has 2 aliphatic rings. The Morgan fingerprint density at radius 2 is 1.91 bits per heavy atom. The topological polar surface area (TPSA) is 70.6 Å². The predicted octanol–water partition coefficient (Wildman–Crippen LogP) is 0.691. The van der Waals surface area contributed by atoms with Crippen LogP contribution >= 0.6 is 0 Å². The minimum absolute atomic E-state index is 0.0362. The van der Waals surface area contributed by atoms with Crippen molar-refractivity contribution in [3.8, 4) is 0 Å². The highest BCUT2D eigenvalue weighted by Gasteiger charge is 2.35. The number of aromatic nitrogens is 1. The summed E-state index contributed by atoms with van der Waals surface area (Å²) in [6.07, 6.45) is 6.21. The Kier molecular flexibility index (Phi) is 4.68. The molecule has 0 bridgehead atoms. The summed E-state index contributed by atoms with van der Waals surface area (Å²) in [6.45, 7) is 0.880. The molecule has 1 atom stereocenters. The first kappa shape index (κ1) is 16.4. The van der Waals surface area contributed by atoms with Gasteiger partial charge in [-0.2, -0.15) is 0 Å². The summed E-state index contributed by atoms with van der Waals surface area (Å²) in [6, 6.07) is 4.15. The Balaban J connectivity index is 1.60. The summed E-state index contributed by atoms with van der Waals surface area (Å²) in [7, 11) is -1.07. The molecule has 1 amide bonds. The fourth-order valence-electron chi connectivity index (χ4n) is 3.05. The van der Waals surface area contributed by atoms with E-state index in [-0.39, 0.29) is 30.0 Å². The Morgan fingerprint density at radius 1 is 1.22 bits per heavy atom. The summed E-state index contributed by atoms with van der Waals surface area (Å²) in [5, 5.41) is 0. The Bertz CT molecular complexity index is 658. The van der Waals surface area contributed by atoms with Crippen molar-refractivity contribution in [1.82, 2.24) is 14.8 Å². The van der Waals surface area contributed by atoms with Crippen molar-refractivity contribution >= 4 is 15.7 Å². The van der Waals surface area contributed by atoms with Gasteiger partial charge in [0.15, 0.2) is 9.84 Å². The van der Waals surface area contributed by atoms with Gasteiger partial charge in [-0.1, -0.05) is 0 Å². The number of carbonyl (C=O) groups excluding carboxylic acids is 1. The molecule has 0 radical (unpaired) electrons. The molecule has 1 aromatic rings. The number of rotatable bonds is 6. The Morgan fingerprint density at radius 3 is 2.48 bits per heavy atom. The quantitative estimate of drug-likeness (QED) is 0.764. The number of likely N-dealkylation sites (N-methyl/N-ethyl adjacent to an activating group) is 1. The number of hydrogen-bond donors (Lipinski definition) is 0. The van der Waals surface area contributed by atoms with E-state index < -0.39 is 9.84 Å². The molecule has 0 spiro atoms. The van der Waals surface area contributed by atoms with E-state index in [9.17, 15) is 13.2 Å². The third-order valence-electron chi connectivity index (χ3n) is 4.63. The number of hydrogen-bond acceptors (Lipinski definition) is 5. The van der Waals surface area contributed by atoms with E-state index in [0.29, 0.717) is 19.0 Å². The van der Waals surface area contributed by atoms with Gasteiger partial charge in [0.2, 0.25) is 5.91 Å². The van der Waals surface area contributed by atoms with Crippen molar-refractivity contribution in [2.45, 2.75) is 37.9 Å². The van der Waals surface area contributed by atoms with Crippen LogP contribution in [0.4, 0.5) is 0 Å². The third kappa shape index (κ3) is 4.29. The lowest BCUT2D eigenvalue weighted by molar-refractivity contribution is -0.133. The fraction of sp³-hybridized carbons (Fsp3) is 0.625. The van der Waals surface area contributed by atoms with Crippen LogP contribution in [0, 0.1) is 0 Å². The van der Waals surface area contributed by atoms with E-state index in [2.05, 4.69) is 4.98 Å². The number of amides is 1. The fourth-order valence-corrected chi connectivity index (χ4v) is 4.85. The van der Waals surface area contributed by atoms with Crippen molar-refractivity contribution in [3.63, 3.8) is 0 Å². The van der Waals surface area contributed by atoms with Gasteiger partial charge in [0.05, 0.1) is 18.1 Å².